The average Bonchev–Trinajstić information content (AvgIpc) is 3.20. The number of nitrogens with one attached hydrogen (secondary N) is 2. The van der Waals surface area contributed by atoms with Gasteiger partial charge in [0, 0.05) is 19.7 Å². The van der Waals surface area contributed by atoms with E-state index in [0.717, 1.165) is 21.6 Å². The Hall–Kier alpha value is -3.23. The Morgan fingerprint density at radius 3 is 2.29 bits per heavy atom. The summed E-state index contributed by atoms with van der Waals surface area (Å²) in [5, 5.41) is 11.2. The molecular weight excluding hydrogens is 362 g/mol. The summed E-state index contributed by atoms with van der Waals surface area (Å²) < 4.78 is 5.43. The van der Waals surface area contributed by atoms with E-state index in [-0.39, 0.29) is 0 Å². The molecule has 28 heavy (non-hydrogen) atoms. The summed E-state index contributed by atoms with van der Waals surface area (Å²) in [6.07, 6.45) is 0. The minimum Gasteiger partial charge on any atom is -0.372 e. The Bertz CT molecular complexity index is 895. The van der Waals surface area contributed by atoms with Gasteiger partial charge in [-0.3, -0.25) is 19.6 Å². The first-order valence-electron chi connectivity index (χ1n) is 8.69. The zero-order valence-corrected chi connectivity index (χ0v) is 15.6. The van der Waals surface area contributed by atoms with Gasteiger partial charge in [0.2, 0.25) is 0 Å². The fourth-order valence-electron chi connectivity index (χ4n) is 3.15. The second kappa shape index (κ2) is 8.20. The van der Waals surface area contributed by atoms with E-state index in [4.69, 9.17) is 9.94 Å². The van der Waals surface area contributed by atoms with E-state index in [0.29, 0.717) is 18.8 Å². The lowest BCUT2D eigenvalue weighted by Crippen LogP contribution is -2.54. The van der Waals surface area contributed by atoms with E-state index in [1.54, 1.807) is 24.3 Å². The second-order valence-electron chi connectivity index (χ2n) is 6.46. The summed E-state index contributed by atoms with van der Waals surface area (Å²) in [5.74, 6) is -2.22. The number of ether oxygens (including phenoxy) is 1. The maximum absolute atomic E-state index is 12.7. The fraction of sp³-hybridized carbons (Fsp3) is 0.250. The van der Waals surface area contributed by atoms with Crippen molar-refractivity contribution in [1.29, 1.82) is 0 Å². The van der Waals surface area contributed by atoms with Crippen molar-refractivity contribution in [3.05, 3.63) is 59.2 Å². The van der Waals surface area contributed by atoms with E-state index >= 15 is 0 Å². The van der Waals surface area contributed by atoms with Crippen LogP contribution in [0.25, 0.3) is 11.1 Å². The van der Waals surface area contributed by atoms with Gasteiger partial charge in [-0.25, -0.2) is 5.48 Å². The van der Waals surface area contributed by atoms with Gasteiger partial charge in [0.15, 0.2) is 6.04 Å². The molecule has 1 aliphatic rings. The highest BCUT2D eigenvalue weighted by molar-refractivity contribution is 6.08. The number of hydrogen-bond donors (Lipinski definition) is 3. The molecule has 0 radical (unpaired) electrons. The van der Waals surface area contributed by atoms with Gasteiger partial charge in [-0.2, -0.15) is 0 Å². The molecule has 0 spiro atoms. The Morgan fingerprint density at radius 1 is 1.00 bits per heavy atom. The number of fused-ring (bicyclic) bond motifs is 1. The number of amides is 3. The number of rotatable bonds is 5. The number of nitrogens with zero attached hydrogens (tertiary/aromatic N) is 1. The zero-order chi connectivity index (χ0) is 20.3. The van der Waals surface area contributed by atoms with Gasteiger partial charge < -0.3 is 15.0 Å². The molecule has 8 heteroatoms. The predicted octanol–water partition coefficient (Wildman–Crippen LogP) is 1.08. The van der Waals surface area contributed by atoms with Crippen molar-refractivity contribution in [1.82, 2.24) is 15.7 Å². The largest absolute Gasteiger partial charge is 0.372 e. The number of hydroxylamine groups is 1. The van der Waals surface area contributed by atoms with E-state index in [2.05, 4.69) is 11.4 Å². The van der Waals surface area contributed by atoms with E-state index in [1.807, 2.05) is 12.1 Å². The van der Waals surface area contributed by atoms with Crippen LogP contribution in [0, 0.1) is 0 Å². The Balaban J connectivity index is 1.81. The third kappa shape index (κ3) is 3.73. The van der Waals surface area contributed by atoms with Crippen molar-refractivity contribution in [3.8, 4) is 11.1 Å². The van der Waals surface area contributed by atoms with Gasteiger partial charge in [0.25, 0.3) is 17.7 Å². The Morgan fingerprint density at radius 2 is 1.64 bits per heavy atom. The van der Waals surface area contributed by atoms with E-state index in [1.165, 1.54) is 25.1 Å². The molecule has 1 atom stereocenters. The maximum atomic E-state index is 12.7. The molecule has 2 aromatic rings. The molecule has 2 aromatic carbocycles. The number of benzene rings is 2. The van der Waals surface area contributed by atoms with Crippen LogP contribution in [0.4, 0.5) is 0 Å². The average molecular weight is 383 g/mol. The van der Waals surface area contributed by atoms with Crippen LogP contribution in [0.3, 0.4) is 0 Å². The second-order valence-corrected chi connectivity index (χ2v) is 6.46. The summed E-state index contributed by atoms with van der Waals surface area (Å²) in [4.78, 5) is 37.4. The van der Waals surface area contributed by atoms with Crippen molar-refractivity contribution >= 4 is 17.7 Å². The van der Waals surface area contributed by atoms with Gasteiger partial charge in [-0.15, -0.1) is 0 Å². The quantitative estimate of drug-likeness (QED) is 0.407. The molecule has 3 amide bonds. The van der Waals surface area contributed by atoms with Gasteiger partial charge in [0.1, 0.15) is 0 Å². The van der Waals surface area contributed by atoms with Crippen LogP contribution in [0.15, 0.2) is 42.5 Å². The number of carbonyl (C=O) groups excluding carboxylic acids is 3. The van der Waals surface area contributed by atoms with E-state index < -0.39 is 23.8 Å². The summed E-state index contributed by atoms with van der Waals surface area (Å²) in [7, 11) is 2.67. The highest BCUT2D eigenvalue weighted by Gasteiger charge is 2.33. The Labute approximate surface area is 162 Å². The van der Waals surface area contributed by atoms with Crippen LogP contribution >= 0.6 is 0 Å². The molecule has 1 heterocycles. The van der Waals surface area contributed by atoms with Crippen molar-refractivity contribution in [2.45, 2.75) is 19.3 Å². The lowest BCUT2D eigenvalue weighted by Gasteiger charge is -2.25. The molecule has 0 fully saturated rings. The first-order valence-corrected chi connectivity index (χ1v) is 8.69. The molecule has 8 nitrogen and oxygen atoms in total. The van der Waals surface area contributed by atoms with Crippen molar-refractivity contribution in [2.24, 2.45) is 0 Å². The number of carbonyl (C=O) groups is 3. The van der Waals surface area contributed by atoms with Crippen molar-refractivity contribution in [2.75, 3.05) is 14.1 Å². The van der Waals surface area contributed by atoms with Crippen LogP contribution in [-0.2, 0) is 27.5 Å². The van der Waals surface area contributed by atoms with Gasteiger partial charge in [0.05, 0.1) is 13.2 Å². The summed E-state index contributed by atoms with van der Waals surface area (Å²) in [5.41, 5.74) is 6.01. The first-order chi connectivity index (χ1) is 13.5. The topological polar surface area (TPSA) is 108 Å². The highest BCUT2D eigenvalue weighted by Crippen LogP contribution is 2.27. The van der Waals surface area contributed by atoms with Crippen LogP contribution < -0.4 is 10.8 Å². The molecule has 146 valence electrons. The molecule has 0 aromatic heterocycles. The van der Waals surface area contributed by atoms with Gasteiger partial charge in [-0.05, 0) is 40.5 Å². The standard InChI is InChI=1S/C20H21N3O5/c1-21-18(24)17(19(25)22-27)23(2)20(26)13-5-3-12(4-6-13)14-7-8-15-10-28-11-16(15)9-14/h3-9,17,27H,10-11H2,1-2H3,(H,21,24)(H,22,25). The summed E-state index contributed by atoms with van der Waals surface area (Å²) in [6.45, 7) is 1.22. The third-order valence-electron chi connectivity index (χ3n) is 4.75. The molecular formula is C20H21N3O5. The smallest absolute Gasteiger partial charge is 0.275 e. The number of likely N-dealkylation sites (N-methyl/N-ethyl adjacent to an activating group) is 2. The normalized spacial score (nSPS) is 13.4. The van der Waals surface area contributed by atoms with Crippen LogP contribution in [0.2, 0.25) is 0 Å². The minimum absolute atomic E-state index is 0.315. The van der Waals surface area contributed by atoms with Gasteiger partial charge >= 0.3 is 0 Å². The number of hydrogen-bond acceptors (Lipinski definition) is 5. The monoisotopic (exact) mass is 383 g/mol. The van der Waals surface area contributed by atoms with Crippen molar-refractivity contribution < 1.29 is 24.3 Å². The SMILES string of the molecule is CNC(=O)C(C(=O)NO)N(C)C(=O)c1ccc(-c2ccc3c(c2)COC3)cc1. The van der Waals surface area contributed by atoms with E-state index in [9.17, 15) is 14.4 Å². The molecule has 1 unspecified atom stereocenters. The molecule has 0 saturated carbocycles. The van der Waals surface area contributed by atoms with Crippen LogP contribution in [0.5, 0.6) is 0 Å². The molecule has 3 rings (SSSR count). The van der Waals surface area contributed by atoms with Crippen LogP contribution in [0.1, 0.15) is 21.5 Å². The third-order valence-corrected chi connectivity index (χ3v) is 4.75. The lowest BCUT2D eigenvalue weighted by molar-refractivity contribution is -0.140. The summed E-state index contributed by atoms with van der Waals surface area (Å²) >= 11 is 0. The highest BCUT2D eigenvalue weighted by atomic mass is 16.5. The zero-order valence-electron chi connectivity index (χ0n) is 15.6. The van der Waals surface area contributed by atoms with Crippen molar-refractivity contribution in [3.63, 3.8) is 0 Å². The molecule has 0 bridgehead atoms. The van der Waals surface area contributed by atoms with Gasteiger partial charge in [-0.1, -0.05) is 24.3 Å². The first kappa shape index (κ1) is 19.5. The molecule has 3 N–H and O–H groups in total. The fourth-order valence-corrected chi connectivity index (χ4v) is 3.15. The molecule has 0 aliphatic carbocycles. The Kier molecular flexibility index (Phi) is 5.72. The minimum atomic E-state index is -1.49. The van der Waals surface area contributed by atoms with Crippen LogP contribution in [-0.4, -0.2) is 48.0 Å². The molecule has 0 saturated heterocycles. The maximum Gasteiger partial charge on any atom is 0.275 e. The predicted molar refractivity (Wildman–Crippen MR) is 100 cm³/mol. The lowest BCUT2D eigenvalue weighted by atomic mass is 9.99. The summed E-state index contributed by atoms with van der Waals surface area (Å²) in [6, 6.07) is 11.5. The molecule has 1 aliphatic heterocycles.